The molecule has 1 unspecified atom stereocenters. The molecule has 2 aromatic heterocycles. The molecule has 3 heterocycles. The Morgan fingerprint density at radius 2 is 2.12 bits per heavy atom. The minimum atomic E-state index is -0.0271. The first-order chi connectivity index (χ1) is 12.2. The van der Waals surface area contributed by atoms with Crippen LogP contribution in [0, 0.1) is 0 Å². The maximum absolute atomic E-state index is 6.01. The van der Waals surface area contributed by atoms with E-state index in [1.807, 2.05) is 6.07 Å². The lowest BCUT2D eigenvalue weighted by molar-refractivity contribution is 0.162. The second-order valence-corrected chi connectivity index (χ2v) is 6.28. The summed E-state index contributed by atoms with van der Waals surface area (Å²) in [4.78, 5) is 14.9. The number of ether oxygens (including phenoxy) is 2. The van der Waals surface area contributed by atoms with Crippen LogP contribution in [0.1, 0.15) is 12.8 Å². The summed E-state index contributed by atoms with van der Waals surface area (Å²) in [5, 5.41) is 0.642. The summed E-state index contributed by atoms with van der Waals surface area (Å²) in [6.07, 6.45) is 5.06. The van der Waals surface area contributed by atoms with Crippen molar-refractivity contribution in [1.29, 1.82) is 0 Å². The monoisotopic (exact) mass is 360 g/mol. The number of nitrogens with zero attached hydrogens (tertiary/aromatic N) is 4. The minimum absolute atomic E-state index is 0.0271. The van der Waals surface area contributed by atoms with E-state index in [2.05, 4.69) is 19.9 Å². The van der Waals surface area contributed by atoms with Crippen molar-refractivity contribution >= 4 is 28.7 Å². The van der Waals surface area contributed by atoms with E-state index in [1.54, 1.807) is 31.6 Å². The van der Waals surface area contributed by atoms with Gasteiger partial charge < -0.3 is 18.8 Å². The molecule has 7 nitrogen and oxygen atoms in total. The van der Waals surface area contributed by atoms with E-state index in [0.717, 1.165) is 30.5 Å². The Bertz CT molecular complexity index is 868. The number of fused-ring (bicyclic) bond motifs is 1. The number of hydrogen-bond acceptors (Lipinski definition) is 7. The highest BCUT2D eigenvalue weighted by atomic mass is 35.5. The Kier molecular flexibility index (Phi) is 4.31. The number of anilines is 1. The van der Waals surface area contributed by atoms with Gasteiger partial charge in [-0.1, -0.05) is 11.6 Å². The molecule has 0 aliphatic carbocycles. The summed E-state index contributed by atoms with van der Waals surface area (Å²) in [7, 11) is 1.58. The van der Waals surface area contributed by atoms with Gasteiger partial charge in [-0.3, -0.25) is 0 Å². The minimum Gasteiger partial charge on any atom is -0.494 e. The van der Waals surface area contributed by atoms with E-state index in [4.69, 9.17) is 25.5 Å². The van der Waals surface area contributed by atoms with Crippen LogP contribution in [0.25, 0.3) is 11.1 Å². The molecule has 0 spiro atoms. The number of benzene rings is 1. The Hall–Kier alpha value is -2.54. The molecule has 25 heavy (non-hydrogen) atoms. The van der Waals surface area contributed by atoms with Crippen molar-refractivity contribution in [3.8, 4) is 11.8 Å². The van der Waals surface area contributed by atoms with E-state index in [0.29, 0.717) is 29.3 Å². The lowest BCUT2D eigenvalue weighted by Gasteiger charge is -2.31. The molecule has 1 saturated heterocycles. The fraction of sp³-hybridized carbons (Fsp3) is 0.353. The molecule has 4 rings (SSSR count). The van der Waals surface area contributed by atoms with Crippen molar-refractivity contribution in [3.05, 3.63) is 35.6 Å². The van der Waals surface area contributed by atoms with Gasteiger partial charge in [0.05, 0.1) is 26.0 Å². The SMILES string of the molecule is COc1cnc(OC2CCCN(c3nc4cc(Cl)ccc4o3)C2)nc1. The molecule has 1 aliphatic rings. The van der Waals surface area contributed by atoms with Crippen LogP contribution in [-0.4, -0.2) is 41.3 Å². The molecule has 130 valence electrons. The second-order valence-electron chi connectivity index (χ2n) is 5.84. The maximum Gasteiger partial charge on any atom is 0.316 e. The van der Waals surface area contributed by atoms with E-state index < -0.39 is 0 Å². The highest BCUT2D eigenvalue weighted by molar-refractivity contribution is 6.31. The van der Waals surface area contributed by atoms with Gasteiger partial charge in [-0.15, -0.1) is 0 Å². The standard InChI is InChI=1S/C17H17ClN4O3/c1-23-13-8-19-16(20-9-13)24-12-3-2-6-22(10-12)17-21-14-7-11(18)4-5-15(14)25-17/h4-5,7-9,12H,2-3,6,10H2,1H3. The molecule has 1 aromatic carbocycles. The molecule has 0 bridgehead atoms. The van der Waals surface area contributed by atoms with Crippen molar-refractivity contribution in [2.75, 3.05) is 25.1 Å². The topological polar surface area (TPSA) is 73.5 Å². The van der Waals surface area contributed by atoms with Crippen LogP contribution >= 0.6 is 11.6 Å². The first kappa shape index (κ1) is 16.0. The number of halogens is 1. The van der Waals surface area contributed by atoms with Crippen molar-refractivity contribution in [2.24, 2.45) is 0 Å². The lowest BCUT2D eigenvalue weighted by atomic mass is 10.1. The predicted octanol–water partition coefficient (Wildman–Crippen LogP) is 3.33. The van der Waals surface area contributed by atoms with Crippen LogP contribution in [0.4, 0.5) is 6.01 Å². The average molecular weight is 361 g/mol. The normalized spacial score (nSPS) is 17.7. The first-order valence-electron chi connectivity index (χ1n) is 8.05. The summed E-state index contributed by atoms with van der Waals surface area (Å²) in [5.41, 5.74) is 1.48. The van der Waals surface area contributed by atoms with Crippen LogP contribution in [0.3, 0.4) is 0 Å². The quantitative estimate of drug-likeness (QED) is 0.706. The van der Waals surface area contributed by atoms with Gasteiger partial charge in [0.25, 0.3) is 6.01 Å². The van der Waals surface area contributed by atoms with Crippen molar-refractivity contribution in [2.45, 2.75) is 18.9 Å². The molecule has 0 amide bonds. The van der Waals surface area contributed by atoms with Gasteiger partial charge in [0.15, 0.2) is 11.3 Å². The number of methoxy groups -OCH3 is 1. The third-order valence-corrected chi connectivity index (χ3v) is 4.33. The molecule has 1 atom stereocenters. The van der Waals surface area contributed by atoms with E-state index in [9.17, 15) is 0 Å². The van der Waals surface area contributed by atoms with Crippen molar-refractivity contribution < 1.29 is 13.9 Å². The third kappa shape index (κ3) is 3.46. The molecule has 1 aliphatic heterocycles. The fourth-order valence-corrected chi connectivity index (χ4v) is 3.02. The van der Waals surface area contributed by atoms with Gasteiger partial charge in [-0.25, -0.2) is 0 Å². The molecular weight excluding hydrogens is 344 g/mol. The van der Waals surface area contributed by atoms with Gasteiger partial charge in [0.2, 0.25) is 0 Å². The molecule has 0 N–H and O–H groups in total. The zero-order valence-corrected chi connectivity index (χ0v) is 14.4. The summed E-state index contributed by atoms with van der Waals surface area (Å²) in [5.74, 6) is 0.600. The van der Waals surface area contributed by atoms with E-state index in [-0.39, 0.29) is 6.10 Å². The Labute approximate surface area is 149 Å². The summed E-state index contributed by atoms with van der Waals surface area (Å²) in [6.45, 7) is 1.53. The van der Waals surface area contributed by atoms with Gasteiger partial charge >= 0.3 is 6.01 Å². The molecular formula is C17H17ClN4O3. The first-order valence-corrected chi connectivity index (χ1v) is 8.43. The molecule has 0 saturated carbocycles. The Morgan fingerprint density at radius 1 is 1.28 bits per heavy atom. The van der Waals surface area contributed by atoms with Crippen LogP contribution in [-0.2, 0) is 0 Å². The Morgan fingerprint density at radius 3 is 2.92 bits per heavy atom. The number of aromatic nitrogens is 3. The molecule has 0 radical (unpaired) electrons. The van der Waals surface area contributed by atoms with E-state index in [1.165, 1.54) is 0 Å². The highest BCUT2D eigenvalue weighted by Crippen LogP contribution is 2.27. The van der Waals surface area contributed by atoms with Crippen LogP contribution in [0.15, 0.2) is 35.0 Å². The highest BCUT2D eigenvalue weighted by Gasteiger charge is 2.25. The average Bonchev–Trinajstić information content (AvgIpc) is 3.06. The second kappa shape index (κ2) is 6.76. The zero-order chi connectivity index (χ0) is 17.2. The third-order valence-electron chi connectivity index (χ3n) is 4.10. The van der Waals surface area contributed by atoms with Gasteiger partial charge in [0, 0.05) is 11.6 Å². The van der Waals surface area contributed by atoms with Crippen LogP contribution in [0.2, 0.25) is 5.02 Å². The number of oxazole rings is 1. The smallest absolute Gasteiger partial charge is 0.316 e. The summed E-state index contributed by atoms with van der Waals surface area (Å²) >= 11 is 6.01. The lowest BCUT2D eigenvalue weighted by Crippen LogP contribution is -2.41. The largest absolute Gasteiger partial charge is 0.494 e. The van der Waals surface area contributed by atoms with E-state index >= 15 is 0 Å². The van der Waals surface area contributed by atoms with Crippen LogP contribution < -0.4 is 14.4 Å². The Balaban J connectivity index is 1.47. The van der Waals surface area contributed by atoms with Crippen molar-refractivity contribution in [1.82, 2.24) is 15.0 Å². The summed E-state index contributed by atoms with van der Waals surface area (Å²) < 4.78 is 16.8. The van der Waals surface area contributed by atoms with Gasteiger partial charge in [-0.2, -0.15) is 15.0 Å². The number of rotatable bonds is 4. The molecule has 1 fully saturated rings. The van der Waals surface area contributed by atoms with Gasteiger partial charge in [0.1, 0.15) is 11.6 Å². The predicted molar refractivity (Wildman–Crippen MR) is 93.5 cm³/mol. The number of piperidine rings is 1. The van der Waals surface area contributed by atoms with Crippen molar-refractivity contribution in [3.63, 3.8) is 0 Å². The molecule has 8 heteroatoms. The zero-order valence-electron chi connectivity index (χ0n) is 13.7. The summed E-state index contributed by atoms with van der Waals surface area (Å²) in [6, 6.07) is 6.35. The number of hydrogen-bond donors (Lipinski definition) is 0. The van der Waals surface area contributed by atoms with Crippen LogP contribution in [0.5, 0.6) is 11.8 Å². The van der Waals surface area contributed by atoms with Gasteiger partial charge in [-0.05, 0) is 31.0 Å². The maximum atomic E-state index is 6.01. The fourth-order valence-electron chi connectivity index (χ4n) is 2.85. The molecule has 3 aromatic rings.